The zero-order chi connectivity index (χ0) is 12.4. The SMILES string of the molecule is CC1(C)CCCC1NS(=O)(=O)CCC(=O)O. The van der Waals surface area contributed by atoms with Crippen molar-refractivity contribution < 1.29 is 18.3 Å². The lowest BCUT2D eigenvalue weighted by Crippen LogP contribution is -2.42. The molecule has 0 spiro atoms. The lowest BCUT2D eigenvalue weighted by Gasteiger charge is -2.27. The number of aliphatic carboxylic acids is 1. The molecule has 0 heterocycles. The second-order valence-electron chi connectivity index (χ2n) is 5.01. The van der Waals surface area contributed by atoms with E-state index in [1.165, 1.54) is 0 Å². The van der Waals surface area contributed by atoms with Crippen LogP contribution in [0.5, 0.6) is 0 Å². The molecule has 5 nitrogen and oxygen atoms in total. The third kappa shape index (κ3) is 3.75. The molecule has 0 aromatic carbocycles. The van der Waals surface area contributed by atoms with Crippen molar-refractivity contribution in [1.82, 2.24) is 4.72 Å². The molecule has 0 aromatic rings. The molecule has 16 heavy (non-hydrogen) atoms. The van der Waals surface area contributed by atoms with E-state index in [1.54, 1.807) is 0 Å². The Morgan fingerprint density at radius 1 is 1.50 bits per heavy atom. The summed E-state index contributed by atoms with van der Waals surface area (Å²) in [5, 5.41) is 8.45. The molecular weight excluding hydrogens is 230 g/mol. The van der Waals surface area contributed by atoms with Gasteiger partial charge in [0, 0.05) is 6.04 Å². The lowest BCUT2D eigenvalue weighted by atomic mass is 9.88. The van der Waals surface area contributed by atoms with E-state index in [9.17, 15) is 13.2 Å². The first-order valence-corrected chi connectivity index (χ1v) is 7.10. The summed E-state index contributed by atoms with van der Waals surface area (Å²) < 4.78 is 25.8. The minimum absolute atomic E-state index is 0.0315. The fraction of sp³-hybridized carbons (Fsp3) is 0.900. The highest BCUT2D eigenvalue weighted by molar-refractivity contribution is 7.89. The van der Waals surface area contributed by atoms with Crippen molar-refractivity contribution in [3.8, 4) is 0 Å². The van der Waals surface area contributed by atoms with Crippen molar-refractivity contribution in [3.63, 3.8) is 0 Å². The third-order valence-corrected chi connectivity index (χ3v) is 4.55. The molecule has 0 amide bonds. The fourth-order valence-electron chi connectivity index (χ4n) is 2.04. The summed E-state index contributed by atoms with van der Waals surface area (Å²) in [5.74, 6) is -1.43. The van der Waals surface area contributed by atoms with E-state index >= 15 is 0 Å². The Bertz CT molecular complexity index is 361. The van der Waals surface area contributed by atoms with Gasteiger partial charge in [0.05, 0.1) is 12.2 Å². The van der Waals surface area contributed by atoms with E-state index < -0.39 is 16.0 Å². The van der Waals surface area contributed by atoms with Crippen molar-refractivity contribution in [2.45, 2.75) is 45.6 Å². The van der Waals surface area contributed by atoms with Crippen LogP contribution in [0.25, 0.3) is 0 Å². The van der Waals surface area contributed by atoms with Gasteiger partial charge >= 0.3 is 5.97 Å². The van der Waals surface area contributed by atoms with Crippen molar-refractivity contribution in [2.75, 3.05) is 5.75 Å². The Morgan fingerprint density at radius 3 is 2.56 bits per heavy atom. The van der Waals surface area contributed by atoms with Crippen molar-refractivity contribution in [1.29, 1.82) is 0 Å². The third-order valence-electron chi connectivity index (χ3n) is 3.16. The summed E-state index contributed by atoms with van der Waals surface area (Å²) in [4.78, 5) is 10.3. The van der Waals surface area contributed by atoms with Gasteiger partial charge in [0.2, 0.25) is 10.0 Å². The first-order chi connectivity index (χ1) is 7.23. The van der Waals surface area contributed by atoms with Crippen LogP contribution in [0, 0.1) is 5.41 Å². The van der Waals surface area contributed by atoms with Gasteiger partial charge in [-0.05, 0) is 18.3 Å². The number of hydrogen-bond acceptors (Lipinski definition) is 3. The maximum atomic E-state index is 11.6. The van der Waals surface area contributed by atoms with Gasteiger partial charge < -0.3 is 5.11 Å². The van der Waals surface area contributed by atoms with E-state index in [0.717, 1.165) is 19.3 Å². The minimum atomic E-state index is -3.46. The highest BCUT2D eigenvalue weighted by atomic mass is 32.2. The number of carboxylic acid groups (broad SMARTS) is 1. The van der Waals surface area contributed by atoms with Crippen LogP contribution in [-0.4, -0.2) is 31.3 Å². The second-order valence-corrected chi connectivity index (χ2v) is 6.89. The van der Waals surface area contributed by atoms with Crippen LogP contribution < -0.4 is 4.72 Å². The molecule has 0 saturated heterocycles. The Balaban J connectivity index is 2.56. The molecule has 0 radical (unpaired) electrons. The molecule has 1 atom stereocenters. The maximum absolute atomic E-state index is 11.6. The standard InChI is InChI=1S/C10H19NO4S/c1-10(2)6-3-4-8(10)11-16(14,15)7-5-9(12)13/h8,11H,3-7H2,1-2H3,(H,12,13). The van der Waals surface area contributed by atoms with Crippen LogP contribution in [0.1, 0.15) is 39.5 Å². The first kappa shape index (κ1) is 13.4. The summed E-state index contributed by atoms with van der Waals surface area (Å²) in [6.45, 7) is 4.06. The zero-order valence-electron chi connectivity index (χ0n) is 9.69. The summed E-state index contributed by atoms with van der Waals surface area (Å²) in [6.07, 6.45) is 2.50. The predicted molar refractivity (Wildman–Crippen MR) is 60.6 cm³/mol. The largest absolute Gasteiger partial charge is 0.481 e. The predicted octanol–water partition coefficient (Wildman–Crippen LogP) is 0.959. The number of rotatable bonds is 5. The van der Waals surface area contributed by atoms with Gasteiger partial charge in [0.25, 0.3) is 0 Å². The van der Waals surface area contributed by atoms with Gasteiger partial charge in [0.15, 0.2) is 0 Å². The van der Waals surface area contributed by atoms with E-state index in [-0.39, 0.29) is 23.6 Å². The first-order valence-electron chi connectivity index (χ1n) is 5.45. The molecule has 0 aliphatic heterocycles. The average molecular weight is 249 g/mol. The van der Waals surface area contributed by atoms with Crippen LogP contribution in [0.3, 0.4) is 0 Å². The topological polar surface area (TPSA) is 83.5 Å². The highest BCUT2D eigenvalue weighted by Gasteiger charge is 2.36. The van der Waals surface area contributed by atoms with Crippen molar-refractivity contribution in [2.24, 2.45) is 5.41 Å². The van der Waals surface area contributed by atoms with Crippen LogP contribution >= 0.6 is 0 Å². The highest BCUT2D eigenvalue weighted by Crippen LogP contribution is 2.37. The van der Waals surface area contributed by atoms with Crippen LogP contribution in [-0.2, 0) is 14.8 Å². The molecule has 2 N–H and O–H groups in total. The number of carboxylic acids is 1. The molecular formula is C10H19NO4S. The Labute approximate surface area is 96.3 Å². The second kappa shape index (κ2) is 4.71. The van der Waals surface area contributed by atoms with Crippen LogP contribution in [0.15, 0.2) is 0 Å². The molecule has 1 fully saturated rings. The summed E-state index contributed by atoms with van der Waals surface area (Å²) in [7, 11) is -3.46. The lowest BCUT2D eigenvalue weighted by molar-refractivity contribution is -0.136. The maximum Gasteiger partial charge on any atom is 0.304 e. The average Bonchev–Trinajstić information content (AvgIpc) is 2.42. The Morgan fingerprint density at radius 2 is 2.12 bits per heavy atom. The monoisotopic (exact) mass is 249 g/mol. The van der Waals surface area contributed by atoms with E-state index in [0.29, 0.717) is 0 Å². The van der Waals surface area contributed by atoms with Crippen molar-refractivity contribution >= 4 is 16.0 Å². The van der Waals surface area contributed by atoms with E-state index in [4.69, 9.17) is 5.11 Å². The fourth-order valence-corrected chi connectivity index (χ4v) is 3.47. The normalized spacial score (nSPS) is 24.5. The van der Waals surface area contributed by atoms with Gasteiger partial charge in [-0.3, -0.25) is 4.79 Å². The smallest absolute Gasteiger partial charge is 0.304 e. The number of nitrogens with one attached hydrogen (secondary N) is 1. The van der Waals surface area contributed by atoms with Gasteiger partial charge in [0.1, 0.15) is 0 Å². The van der Waals surface area contributed by atoms with Crippen molar-refractivity contribution in [3.05, 3.63) is 0 Å². The molecule has 0 aromatic heterocycles. The Hall–Kier alpha value is -0.620. The van der Waals surface area contributed by atoms with E-state index in [1.807, 2.05) is 13.8 Å². The minimum Gasteiger partial charge on any atom is -0.481 e. The number of sulfonamides is 1. The van der Waals surface area contributed by atoms with Gasteiger partial charge in [-0.2, -0.15) is 0 Å². The molecule has 1 saturated carbocycles. The molecule has 0 bridgehead atoms. The van der Waals surface area contributed by atoms with E-state index in [2.05, 4.69) is 4.72 Å². The molecule has 1 unspecified atom stereocenters. The summed E-state index contributed by atoms with van der Waals surface area (Å²) in [6, 6.07) is -0.0636. The zero-order valence-corrected chi connectivity index (χ0v) is 10.5. The van der Waals surface area contributed by atoms with Gasteiger partial charge in [-0.1, -0.05) is 20.3 Å². The number of carbonyl (C=O) groups is 1. The molecule has 1 aliphatic rings. The van der Waals surface area contributed by atoms with Crippen LogP contribution in [0.4, 0.5) is 0 Å². The van der Waals surface area contributed by atoms with Crippen LogP contribution in [0.2, 0.25) is 0 Å². The van der Waals surface area contributed by atoms with Gasteiger partial charge in [-0.25, -0.2) is 13.1 Å². The molecule has 94 valence electrons. The summed E-state index contributed by atoms with van der Waals surface area (Å²) >= 11 is 0. The van der Waals surface area contributed by atoms with Gasteiger partial charge in [-0.15, -0.1) is 0 Å². The molecule has 6 heteroatoms. The molecule has 1 aliphatic carbocycles. The summed E-state index contributed by atoms with van der Waals surface area (Å²) in [5.41, 5.74) is -0.0315. The number of hydrogen-bond donors (Lipinski definition) is 2. The molecule has 1 rings (SSSR count). The quantitative estimate of drug-likeness (QED) is 0.760. The Kier molecular flexibility index (Phi) is 3.96.